The average molecular weight is 264 g/mol. The molecule has 1 fully saturated rings. The largest absolute Gasteiger partial charge is 0.508 e. The van der Waals surface area contributed by atoms with Gasteiger partial charge in [-0.25, -0.2) is 0 Å². The van der Waals surface area contributed by atoms with Crippen molar-refractivity contribution in [1.29, 1.82) is 0 Å². The van der Waals surface area contributed by atoms with E-state index in [9.17, 15) is 20.1 Å². The van der Waals surface area contributed by atoms with Crippen LogP contribution in [0.3, 0.4) is 0 Å². The van der Waals surface area contributed by atoms with E-state index in [1.54, 1.807) is 0 Å². The van der Waals surface area contributed by atoms with E-state index in [-0.39, 0.29) is 28.6 Å². The second kappa shape index (κ2) is 5.95. The van der Waals surface area contributed by atoms with Crippen molar-refractivity contribution in [2.45, 2.75) is 44.9 Å². The number of hydrogen-bond acceptors (Lipinski definition) is 4. The maximum absolute atomic E-state index is 12.0. The van der Waals surface area contributed by atoms with Crippen molar-refractivity contribution < 1.29 is 20.1 Å². The Balaban J connectivity index is 1.99. The van der Waals surface area contributed by atoms with Crippen molar-refractivity contribution in [3.8, 4) is 17.2 Å². The summed E-state index contributed by atoms with van der Waals surface area (Å²) in [5.41, 5.74) is -0.0754. The number of ketones is 1. The summed E-state index contributed by atoms with van der Waals surface area (Å²) in [6, 6.07) is 2.15. The van der Waals surface area contributed by atoms with Crippen molar-refractivity contribution in [3.05, 3.63) is 17.7 Å². The highest BCUT2D eigenvalue weighted by molar-refractivity contribution is 6.01. The average Bonchev–Trinajstić information content (AvgIpc) is 2.36. The molecule has 0 aliphatic heterocycles. The van der Waals surface area contributed by atoms with Gasteiger partial charge in [-0.05, 0) is 12.3 Å². The maximum atomic E-state index is 12.0. The molecule has 0 bridgehead atoms. The predicted molar refractivity (Wildman–Crippen MR) is 71.6 cm³/mol. The van der Waals surface area contributed by atoms with E-state index in [0.29, 0.717) is 12.3 Å². The number of Topliss-reactive ketones (excluding diaryl/α,β-unsaturated/α-hetero) is 1. The van der Waals surface area contributed by atoms with Gasteiger partial charge < -0.3 is 15.3 Å². The van der Waals surface area contributed by atoms with Gasteiger partial charge >= 0.3 is 0 Å². The van der Waals surface area contributed by atoms with Crippen molar-refractivity contribution in [2.24, 2.45) is 5.92 Å². The number of carbonyl (C=O) groups excluding carboxylic acids is 1. The summed E-state index contributed by atoms with van der Waals surface area (Å²) in [7, 11) is 0. The molecule has 0 spiro atoms. The highest BCUT2D eigenvalue weighted by atomic mass is 16.3. The number of phenolic OH excluding ortho intramolecular Hbond substituents is 3. The third-order valence-electron chi connectivity index (χ3n) is 3.86. The molecule has 19 heavy (non-hydrogen) atoms. The fourth-order valence-electron chi connectivity index (χ4n) is 2.82. The predicted octanol–water partition coefficient (Wildman–Crippen LogP) is 3.35. The lowest BCUT2D eigenvalue weighted by atomic mass is 9.85. The molecule has 4 heteroatoms. The van der Waals surface area contributed by atoms with Crippen molar-refractivity contribution in [1.82, 2.24) is 0 Å². The Kier molecular flexibility index (Phi) is 4.30. The number of aromatic hydroxyl groups is 3. The van der Waals surface area contributed by atoms with Crippen molar-refractivity contribution in [3.63, 3.8) is 0 Å². The number of carbonyl (C=O) groups is 1. The molecule has 1 aliphatic carbocycles. The molecule has 2 rings (SSSR count). The van der Waals surface area contributed by atoms with E-state index in [2.05, 4.69) is 0 Å². The molecule has 3 N–H and O–H groups in total. The summed E-state index contributed by atoms with van der Waals surface area (Å²) in [6.07, 6.45) is 7.21. The van der Waals surface area contributed by atoms with Gasteiger partial charge in [0.15, 0.2) is 5.78 Å². The van der Waals surface area contributed by atoms with E-state index in [0.717, 1.165) is 18.6 Å². The zero-order valence-corrected chi connectivity index (χ0v) is 10.9. The molecule has 0 atom stereocenters. The maximum Gasteiger partial charge on any atom is 0.170 e. The van der Waals surface area contributed by atoms with Crippen molar-refractivity contribution >= 4 is 5.78 Å². The van der Waals surface area contributed by atoms with Crippen LogP contribution < -0.4 is 0 Å². The molecular weight excluding hydrogens is 244 g/mol. The minimum atomic E-state index is -0.355. The number of rotatable bonds is 4. The van der Waals surface area contributed by atoms with Crippen LogP contribution in [0.4, 0.5) is 0 Å². The van der Waals surface area contributed by atoms with E-state index >= 15 is 0 Å². The normalized spacial score (nSPS) is 16.4. The molecule has 1 aliphatic rings. The molecule has 0 amide bonds. The van der Waals surface area contributed by atoms with Gasteiger partial charge in [0.1, 0.15) is 22.8 Å². The minimum Gasteiger partial charge on any atom is -0.508 e. The second-order valence-electron chi connectivity index (χ2n) is 5.32. The third kappa shape index (κ3) is 3.40. The lowest BCUT2D eigenvalue weighted by molar-refractivity contribution is 0.0965. The molecule has 1 saturated carbocycles. The minimum absolute atomic E-state index is 0.0754. The van der Waals surface area contributed by atoms with Crippen LogP contribution in [0.2, 0.25) is 0 Å². The van der Waals surface area contributed by atoms with Gasteiger partial charge in [-0.15, -0.1) is 0 Å². The van der Waals surface area contributed by atoms with Crippen molar-refractivity contribution in [2.75, 3.05) is 0 Å². The number of hydrogen-bond donors (Lipinski definition) is 3. The fraction of sp³-hybridized carbons (Fsp3) is 0.533. The Morgan fingerprint density at radius 3 is 2.21 bits per heavy atom. The third-order valence-corrected chi connectivity index (χ3v) is 3.86. The highest BCUT2D eigenvalue weighted by Gasteiger charge is 2.20. The molecule has 1 aromatic carbocycles. The Hall–Kier alpha value is -1.71. The molecule has 104 valence electrons. The van der Waals surface area contributed by atoms with Gasteiger partial charge in [0, 0.05) is 18.6 Å². The van der Waals surface area contributed by atoms with Gasteiger partial charge in [-0.3, -0.25) is 4.79 Å². The summed E-state index contributed by atoms with van der Waals surface area (Å²) in [5, 5.41) is 28.5. The lowest BCUT2D eigenvalue weighted by Gasteiger charge is -2.21. The van der Waals surface area contributed by atoms with Crippen LogP contribution in [0.15, 0.2) is 12.1 Å². The van der Waals surface area contributed by atoms with Gasteiger partial charge in [-0.2, -0.15) is 0 Å². The Labute approximate surface area is 112 Å². The molecule has 0 radical (unpaired) electrons. The highest BCUT2D eigenvalue weighted by Crippen LogP contribution is 2.34. The summed E-state index contributed by atoms with van der Waals surface area (Å²) in [4.78, 5) is 12.0. The first-order valence-electron chi connectivity index (χ1n) is 6.86. The van der Waals surface area contributed by atoms with Crippen LogP contribution in [0.25, 0.3) is 0 Å². The van der Waals surface area contributed by atoms with Gasteiger partial charge in [0.05, 0.1) is 0 Å². The van der Waals surface area contributed by atoms with Gasteiger partial charge in [0.2, 0.25) is 0 Å². The van der Waals surface area contributed by atoms with Crippen LogP contribution in [0.1, 0.15) is 55.3 Å². The monoisotopic (exact) mass is 264 g/mol. The molecule has 1 aromatic rings. The Morgan fingerprint density at radius 1 is 1.05 bits per heavy atom. The topological polar surface area (TPSA) is 77.8 Å². The van der Waals surface area contributed by atoms with E-state index in [1.807, 2.05) is 0 Å². The SMILES string of the molecule is O=C(CCC1CCCCC1)c1c(O)cc(O)cc1O. The number of phenols is 3. The first-order valence-corrected chi connectivity index (χ1v) is 6.86. The molecule has 0 heterocycles. The fourth-order valence-corrected chi connectivity index (χ4v) is 2.82. The smallest absolute Gasteiger partial charge is 0.170 e. The molecule has 0 aromatic heterocycles. The van der Waals surface area contributed by atoms with Crippen LogP contribution in [-0.2, 0) is 0 Å². The first-order chi connectivity index (χ1) is 9.08. The lowest BCUT2D eigenvalue weighted by Crippen LogP contribution is -2.09. The van der Waals surface area contributed by atoms with E-state index in [4.69, 9.17) is 0 Å². The number of benzene rings is 1. The molecule has 4 nitrogen and oxygen atoms in total. The molecular formula is C15H20O4. The zero-order valence-electron chi connectivity index (χ0n) is 10.9. The Bertz CT molecular complexity index is 438. The Morgan fingerprint density at radius 2 is 1.63 bits per heavy atom. The van der Waals surface area contributed by atoms with Gasteiger partial charge in [-0.1, -0.05) is 32.1 Å². The van der Waals surface area contributed by atoms with Crippen LogP contribution >= 0.6 is 0 Å². The second-order valence-corrected chi connectivity index (χ2v) is 5.32. The quantitative estimate of drug-likeness (QED) is 0.729. The summed E-state index contributed by atoms with van der Waals surface area (Å²) >= 11 is 0. The summed E-state index contributed by atoms with van der Waals surface area (Å²) < 4.78 is 0. The van der Waals surface area contributed by atoms with E-state index in [1.165, 1.54) is 32.1 Å². The summed E-state index contributed by atoms with van der Waals surface area (Å²) in [6.45, 7) is 0. The zero-order chi connectivity index (χ0) is 13.8. The van der Waals surface area contributed by atoms with E-state index < -0.39 is 0 Å². The van der Waals surface area contributed by atoms with Crippen LogP contribution in [0.5, 0.6) is 17.2 Å². The van der Waals surface area contributed by atoms with Crippen LogP contribution in [-0.4, -0.2) is 21.1 Å². The van der Waals surface area contributed by atoms with Crippen LogP contribution in [0, 0.1) is 5.92 Å². The standard InChI is InChI=1S/C15H20O4/c16-11-8-13(18)15(14(19)9-11)12(17)7-6-10-4-2-1-3-5-10/h8-10,16,18-19H,1-7H2. The first kappa shape index (κ1) is 13.7. The molecule has 0 unspecified atom stereocenters. The summed E-state index contributed by atoms with van der Waals surface area (Å²) in [5.74, 6) is -0.643. The molecule has 0 saturated heterocycles. The van der Waals surface area contributed by atoms with Gasteiger partial charge in [0.25, 0.3) is 0 Å².